The number of nitrogens with zero attached hydrogens (tertiary/aromatic N) is 4. The molecule has 0 spiro atoms. The third kappa shape index (κ3) is 4.36. The number of fused-ring (bicyclic) bond motifs is 1. The predicted molar refractivity (Wildman–Crippen MR) is 123 cm³/mol. The van der Waals surface area contributed by atoms with Crippen molar-refractivity contribution in [2.75, 3.05) is 18.0 Å². The largest absolute Gasteiger partial charge is 0.367 e. The molecule has 4 heterocycles. The first-order chi connectivity index (χ1) is 15.5. The van der Waals surface area contributed by atoms with Gasteiger partial charge in [-0.1, -0.05) is 11.3 Å². The van der Waals surface area contributed by atoms with Gasteiger partial charge in [-0.3, -0.25) is 0 Å². The maximum absolute atomic E-state index is 13.3. The standard InChI is InChI=1S/C21H26F2N6O2S2/c1-12-9-28(10-13(2)24-12)17-8-14(33(30,31)27-21(3)6-7-21)11-29-15(17)4-5-16(29)19-25-26-20(32-19)18(22)23/h4-5,8,11-13,18,24,27H,6-7,9-10H2,1-3H3/t12-,13-/m0/s1. The number of halogens is 2. The van der Waals surface area contributed by atoms with Gasteiger partial charge in [0.05, 0.1) is 16.9 Å². The van der Waals surface area contributed by atoms with E-state index in [4.69, 9.17) is 0 Å². The molecule has 2 N–H and O–H groups in total. The number of sulfonamides is 1. The Balaban J connectivity index is 1.67. The second-order valence-corrected chi connectivity index (χ2v) is 12.0. The Kier molecular flexibility index (Phi) is 5.46. The fourth-order valence-electron chi connectivity index (χ4n) is 4.37. The molecule has 2 aliphatic rings. The number of piperazine rings is 1. The zero-order chi connectivity index (χ0) is 23.5. The lowest BCUT2D eigenvalue weighted by Gasteiger charge is -2.38. The van der Waals surface area contributed by atoms with Crippen LogP contribution in [0.2, 0.25) is 0 Å². The lowest BCUT2D eigenvalue weighted by molar-refractivity contribution is 0.150. The Morgan fingerprint density at radius 3 is 2.52 bits per heavy atom. The summed E-state index contributed by atoms with van der Waals surface area (Å²) in [7, 11) is -3.79. The topological polar surface area (TPSA) is 91.6 Å². The zero-order valence-corrected chi connectivity index (χ0v) is 20.2. The van der Waals surface area contributed by atoms with Crippen molar-refractivity contribution >= 4 is 32.6 Å². The SMILES string of the molecule is C[C@H]1CN(c2cc(S(=O)(=O)NC3(C)CC3)cn3c(-c4nnc(C(F)F)s4)ccc23)C[C@H](C)N1. The third-order valence-corrected chi connectivity index (χ3v) is 8.71. The van der Waals surface area contributed by atoms with Crippen LogP contribution in [0.3, 0.4) is 0 Å². The molecular formula is C21H26F2N6O2S2. The number of hydrogen-bond donors (Lipinski definition) is 2. The molecule has 0 bridgehead atoms. The molecule has 5 rings (SSSR count). The van der Waals surface area contributed by atoms with Crippen LogP contribution in [0.15, 0.2) is 29.3 Å². The molecule has 0 unspecified atom stereocenters. The summed E-state index contributed by atoms with van der Waals surface area (Å²) in [4.78, 5) is 2.31. The van der Waals surface area contributed by atoms with Gasteiger partial charge in [-0.15, -0.1) is 10.2 Å². The van der Waals surface area contributed by atoms with Gasteiger partial charge in [0.15, 0.2) is 10.0 Å². The molecule has 1 aliphatic carbocycles. The fraction of sp³-hybridized carbons (Fsp3) is 0.524. The Morgan fingerprint density at radius 1 is 1.21 bits per heavy atom. The molecule has 1 saturated carbocycles. The van der Waals surface area contributed by atoms with E-state index in [-0.39, 0.29) is 22.0 Å². The molecule has 3 aromatic rings. The number of pyridine rings is 1. The molecule has 1 aliphatic heterocycles. The monoisotopic (exact) mass is 496 g/mol. The maximum Gasteiger partial charge on any atom is 0.291 e. The van der Waals surface area contributed by atoms with Gasteiger partial charge < -0.3 is 14.6 Å². The minimum Gasteiger partial charge on any atom is -0.367 e. The van der Waals surface area contributed by atoms with Crippen LogP contribution < -0.4 is 14.9 Å². The number of rotatable bonds is 6. The highest BCUT2D eigenvalue weighted by Crippen LogP contribution is 2.38. The van der Waals surface area contributed by atoms with E-state index in [1.54, 1.807) is 22.7 Å². The van der Waals surface area contributed by atoms with Crippen molar-refractivity contribution in [2.24, 2.45) is 0 Å². The number of hydrogen-bond acceptors (Lipinski definition) is 7. The van der Waals surface area contributed by atoms with Crippen LogP contribution in [-0.2, 0) is 10.0 Å². The Hall–Kier alpha value is -2.15. The molecule has 33 heavy (non-hydrogen) atoms. The molecule has 3 aromatic heterocycles. The first-order valence-corrected chi connectivity index (χ1v) is 13.2. The van der Waals surface area contributed by atoms with Gasteiger partial charge in [0.2, 0.25) is 10.0 Å². The minimum atomic E-state index is -3.79. The number of anilines is 1. The van der Waals surface area contributed by atoms with E-state index in [9.17, 15) is 17.2 Å². The van der Waals surface area contributed by atoms with Gasteiger partial charge >= 0.3 is 0 Å². The molecular weight excluding hydrogens is 470 g/mol. The van der Waals surface area contributed by atoms with Crippen LogP contribution in [0.25, 0.3) is 16.2 Å². The van der Waals surface area contributed by atoms with E-state index in [1.165, 1.54) is 0 Å². The highest BCUT2D eigenvalue weighted by molar-refractivity contribution is 7.89. The second-order valence-electron chi connectivity index (χ2n) is 9.32. The summed E-state index contributed by atoms with van der Waals surface area (Å²) in [6.07, 6.45) is 0.427. The summed E-state index contributed by atoms with van der Waals surface area (Å²) in [5.74, 6) is 0. The van der Waals surface area contributed by atoms with Gasteiger partial charge in [0.1, 0.15) is 4.90 Å². The Labute approximate surface area is 195 Å². The van der Waals surface area contributed by atoms with Crippen molar-refractivity contribution < 1.29 is 17.2 Å². The van der Waals surface area contributed by atoms with E-state index in [1.807, 2.05) is 13.0 Å². The van der Waals surface area contributed by atoms with Crippen LogP contribution in [-0.4, -0.2) is 53.7 Å². The van der Waals surface area contributed by atoms with Crippen LogP contribution >= 0.6 is 11.3 Å². The van der Waals surface area contributed by atoms with Gasteiger partial charge in [-0.25, -0.2) is 21.9 Å². The van der Waals surface area contributed by atoms with Crippen molar-refractivity contribution in [2.45, 2.75) is 62.6 Å². The van der Waals surface area contributed by atoms with Gasteiger partial charge in [0, 0.05) is 36.9 Å². The van der Waals surface area contributed by atoms with E-state index in [0.717, 1.165) is 35.4 Å². The van der Waals surface area contributed by atoms with Crippen LogP contribution in [0, 0.1) is 0 Å². The average molecular weight is 497 g/mol. The van der Waals surface area contributed by atoms with Gasteiger partial charge in [0.25, 0.3) is 6.43 Å². The third-order valence-electron chi connectivity index (χ3n) is 6.15. The van der Waals surface area contributed by atoms with Crippen molar-refractivity contribution in [1.82, 2.24) is 24.6 Å². The van der Waals surface area contributed by atoms with Gasteiger partial charge in [-0.2, -0.15) is 0 Å². The quantitative estimate of drug-likeness (QED) is 0.544. The molecule has 8 nitrogen and oxygen atoms in total. The summed E-state index contributed by atoms with van der Waals surface area (Å²) in [5.41, 5.74) is 1.68. The van der Waals surface area contributed by atoms with Crippen LogP contribution in [0.4, 0.5) is 14.5 Å². The van der Waals surface area contributed by atoms with E-state index >= 15 is 0 Å². The summed E-state index contributed by atoms with van der Waals surface area (Å²) >= 11 is 0.807. The predicted octanol–water partition coefficient (Wildman–Crippen LogP) is 3.41. The normalized spacial score (nSPS) is 22.9. The number of aromatic nitrogens is 3. The Morgan fingerprint density at radius 2 is 1.91 bits per heavy atom. The first kappa shape index (κ1) is 22.6. The number of nitrogens with one attached hydrogen (secondary N) is 2. The second kappa shape index (κ2) is 7.97. The highest BCUT2D eigenvalue weighted by atomic mass is 32.2. The van der Waals surface area contributed by atoms with Crippen LogP contribution in [0.1, 0.15) is 45.0 Å². The minimum absolute atomic E-state index is 0.132. The highest BCUT2D eigenvalue weighted by Gasteiger charge is 2.41. The average Bonchev–Trinajstić information content (AvgIpc) is 3.14. The molecule has 12 heteroatoms. The molecule has 178 valence electrons. The summed E-state index contributed by atoms with van der Waals surface area (Å²) < 4.78 is 57.3. The molecule has 2 atom stereocenters. The van der Waals surface area contributed by atoms with Crippen molar-refractivity contribution in [3.8, 4) is 10.7 Å². The van der Waals surface area contributed by atoms with E-state index in [2.05, 4.69) is 39.0 Å². The zero-order valence-electron chi connectivity index (χ0n) is 18.5. The maximum atomic E-state index is 13.3. The molecule has 2 fully saturated rings. The Bertz CT molecular complexity index is 1290. The van der Waals surface area contributed by atoms with Crippen LogP contribution in [0.5, 0.6) is 0 Å². The van der Waals surface area contributed by atoms with E-state index in [0.29, 0.717) is 23.8 Å². The summed E-state index contributed by atoms with van der Waals surface area (Å²) in [5, 5.41) is 11.0. The lowest BCUT2D eigenvalue weighted by Crippen LogP contribution is -2.54. The van der Waals surface area contributed by atoms with Crippen molar-refractivity contribution in [3.63, 3.8) is 0 Å². The molecule has 0 aromatic carbocycles. The van der Waals surface area contributed by atoms with Gasteiger partial charge in [-0.05, 0) is 51.8 Å². The number of alkyl halides is 2. The fourth-order valence-corrected chi connectivity index (χ4v) is 6.57. The summed E-state index contributed by atoms with van der Waals surface area (Å²) in [6, 6.07) is 5.81. The smallest absolute Gasteiger partial charge is 0.291 e. The first-order valence-electron chi connectivity index (χ1n) is 10.9. The van der Waals surface area contributed by atoms with Crippen molar-refractivity contribution in [3.05, 3.63) is 29.4 Å². The van der Waals surface area contributed by atoms with Crippen molar-refractivity contribution in [1.29, 1.82) is 0 Å². The summed E-state index contributed by atoms with van der Waals surface area (Å²) in [6.45, 7) is 7.49. The lowest BCUT2D eigenvalue weighted by atomic mass is 10.1. The molecule has 0 amide bonds. The van der Waals surface area contributed by atoms with E-state index < -0.39 is 22.0 Å². The molecule has 1 saturated heterocycles. The molecule has 0 radical (unpaired) electrons.